The molecule has 0 aliphatic heterocycles. The fourth-order valence-electron chi connectivity index (χ4n) is 3.69. The molecule has 0 radical (unpaired) electrons. The van der Waals surface area contributed by atoms with Crippen LogP contribution in [0.25, 0.3) is 10.2 Å². The van der Waals surface area contributed by atoms with Crippen molar-refractivity contribution in [2.24, 2.45) is 0 Å². The van der Waals surface area contributed by atoms with Gasteiger partial charge in [0.2, 0.25) is 0 Å². The Morgan fingerprint density at radius 3 is 2.76 bits per heavy atom. The first-order valence-electron chi connectivity index (χ1n) is 9.69. The van der Waals surface area contributed by atoms with Crippen molar-refractivity contribution in [2.45, 2.75) is 49.8 Å². The normalized spacial score (nSPS) is 21.8. The third-order valence-electron chi connectivity index (χ3n) is 5.53. The number of nitrogens with one attached hydrogen (secondary N) is 1. The van der Waals surface area contributed by atoms with Crippen LogP contribution < -0.4 is 5.32 Å². The number of furan rings is 1. The van der Waals surface area contributed by atoms with Crippen molar-refractivity contribution in [1.29, 1.82) is 0 Å². The van der Waals surface area contributed by atoms with E-state index in [1.807, 2.05) is 25.1 Å². The lowest BCUT2D eigenvalue weighted by molar-refractivity contribution is 0.0896. The molecule has 2 atom stereocenters. The van der Waals surface area contributed by atoms with E-state index < -0.39 is 10.8 Å². The number of thiazole rings is 1. The van der Waals surface area contributed by atoms with E-state index in [2.05, 4.69) is 5.32 Å². The Hall–Kier alpha value is -1.70. The largest absolute Gasteiger partial charge is 0.455 e. The summed E-state index contributed by atoms with van der Waals surface area (Å²) >= 11 is 7.80. The molecule has 2 aromatic heterocycles. The molecule has 154 valence electrons. The van der Waals surface area contributed by atoms with Crippen molar-refractivity contribution < 1.29 is 13.4 Å². The SMILES string of the molecule is CC(c1ccc(C(=O)NC2CCC(c3nc4cc(Cl)ccc4s3)CC2)o1)S(C)=O. The predicted octanol–water partition coefficient (Wildman–Crippen LogP) is 5.44. The molecule has 0 bridgehead atoms. The van der Waals surface area contributed by atoms with E-state index in [9.17, 15) is 9.00 Å². The fourth-order valence-corrected chi connectivity index (χ4v) is 5.43. The molecule has 1 amide bonds. The van der Waals surface area contributed by atoms with E-state index in [-0.39, 0.29) is 23.0 Å². The number of nitrogens with zero attached hydrogens (tertiary/aromatic N) is 1. The van der Waals surface area contributed by atoms with Gasteiger partial charge < -0.3 is 9.73 Å². The minimum Gasteiger partial charge on any atom is -0.455 e. The van der Waals surface area contributed by atoms with Gasteiger partial charge in [-0.05, 0) is 62.9 Å². The fraction of sp³-hybridized carbons (Fsp3) is 0.429. The molecule has 1 saturated carbocycles. The Kier molecular flexibility index (Phi) is 6.08. The number of fused-ring (bicyclic) bond motifs is 1. The molecule has 1 fully saturated rings. The lowest BCUT2D eigenvalue weighted by Crippen LogP contribution is -2.37. The minimum atomic E-state index is -1.03. The van der Waals surface area contributed by atoms with Crippen molar-refractivity contribution in [2.75, 3.05) is 6.26 Å². The molecule has 3 aromatic rings. The van der Waals surface area contributed by atoms with Gasteiger partial charge in [0.15, 0.2) is 5.76 Å². The van der Waals surface area contributed by atoms with Crippen LogP contribution in [-0.4, -0.2) is 27.4 Å². The van der Waals surface area contributed by atoms with Crippen LogP contribution in [0.4, 0.5) is 0 Å². The number of halogens is 1. The maximum atomic E-state index is 12.5. The van der Waals surface area contributed by atoms with Gasteiger partial charge in [0.25, 0.3) is 5.91 Å². The third-order valence-corrected chi connectivity index (χ3v) is 8.19. The summed E-state index contributed by atoms with van der Waals surface area (Å²) in [4.78, 5) is 17.3. The summed E-state index contributed by atoms with van der Waals surface area (Å²) < 4.78 is 18.4. The zero-order chi connectivity index (χ0) is 20.5. The first kappa shape index (κ1) is 20.6. The first-order valence-corrected chi connectivity index (χ1v) is 12.5. The molecule has 0 saturated heterocycles. The Labute approximate surface area is 181 Å². The van der Waals surface area contributed by atoms with Crippen molar-refractivity contribution >= 4 is 49.9 Å². The van der Waals surface area contributed by atoms with Gasteiger partial charge >= 0.3 is 0 Å². The number of benzene rings is 1. The summed E-state index contributed by atoms with van der Waals surface area (Å²) in [6.07, 6.45) is 5.44. The lowest BCUT2D eigenvalue weighted by Gasteiger charge is -2.27. The molecule has 1 aromatic carbocycles. The summed E-state index contributed by atoms with van der Waals surface area (Å²) in [5.74, 6) is 1.08. The highest BCUT2D eigenvalue weighted by Crippen LogP contribution is 2.37. The molecular formula is C21H23ClN2O3S2. The van der Waals surface area contributed by atoms with Crippen LogP contribution in [0.5, 0.6) is 0 Å². The smallest absolute Gasteiger partial charge is 0.287 e. The summed E-state index contributed by atoms with van der Waals surface area (Å²) in [5, 5.41) is 4.72. The first-order chi connectivity index (χ1) is 13.9. The van der Waals surface area contributed by atoms with Gasteiger partial charge in [-0.15, -0.1) is 11.3 Å². The Morgan fingerprint density at radius 2 is 2.03 bits per heavy atom. The van der Waals surface area contributed by atoms with Crippen LogP contribution in [-0.2, 0) is 10.8 Å². The van der Waals surface area contributed by atoms with E-state index in [0.717, 1.165) is 40.9 Å². The van der Waals surface area contributed by atoms with E-state index >= 15 is 0 Å². The molecular weight excluding hydrogens is 428 g/mol. The second kappa shape index (κ2) is 8.58. The second-order valence-electron chi connectivity index (χ2n) is 7.53. The zero-order valence-electron chi connectivity index (χ0n) is 16.3. The van der Waals surface area contributed by atoms with Crippen LogP contribution in [0.15, 0.2) is 34.7 Å². The van der Waals surface area contributed by atoms with E-state index in [4.69, 9.17) is 21.0 Å². The number of hydrogen-bond donors (Lipinski definition) is 1. The van der Waals surface area contributed by atoms with Gasteiger partial charge in [-0.2, -0.15) is 0 Å². The molecule has 4 rings (SSSR count). The molecule has 2 heterocycles. The highest BCUT2D eigenvalue weighted by Gasteiger charge is 2.27. The minimum absolute atomic E-state index is 0.133. The number of carbonyl (C=O) groups is 1. The van der Waals surface area contributed by atoms with Gasteiger partial charge in [-0.25, -0.2) is 4.98 Å². The average molecular weight is 451 g/mol. The second-order valence-corrected chi connectivity index (χ2v) is 10.7. The van der Waals surface area contributed by atoms with Crippen LogP contribution in [0, 0.1) is 0 Å². The molecule has 0 spiro atoms. The third kappa shape index (κ3) is 4.57. The Balaban J connectivity index is 1.34. The Morgan fingerprint density at radius 1 is 1.28 bits per heavy atom. The van der Waals surface area contributed by atoms with E-state index in [1.165, 1.54) is 0 Å². The van der Waals surface area contributed by atoms with Crippen LogP contribution in [0.1, 0.15) is 65.1 Å². The maximum absolute atomic E-state index is 12.5. The zero-order valence-corrected chi connectivity index (χ0v) is 18.7. The monoisotopic (exact) mass is 450 g/mol. The molecule has 8 heteroatoms. The standard InChI is InChI=1S/C21H23ClN2O3S2/c1-12(29(2)26)17-8-9-18(27-17)20(25)23-15-6-3-13(4-7-15)21-24-16-11-14(22)5-10-19(16)28-21/h5,8-13,15H,3-4,6-7H2,1-2H3,(H,23,25). The van der Waals surface area contributed by atoms with E-state index in [0.29, 0.717) is 16.7 Å². The highest BCUT2D eigenvalue weighted by molar-refractivity contribution is 7.84. The molecule has 1 aliphatic rings. The number of carbonyl (C=O) groups excluding carboxylic acids is 1. The predicted molar refractivity (Wildman–Crippen MR) is 118 cm³/mol. The number of aromatic nitrogens is 1. The average Bonchev–Trinajstić information content (AvgIpc) is 3.35. The van der Waals surface area contributed by atoms with Crippen molar-refractivity contribution in [3.8, 4) is 0 Å². The summed E-state index contributed by atoms with van der Waals surface area (Å²) in [6, 6.07) is 9.36. The molecule has 5 nitrogen and oxygen atoms in total. The lowest BCUT2D eigenvalue weighted by atomic mass is 9.86. The number of hydrogen-bond acceptors (Lipinski definition) is 5. The summed E-state index contributed by atoms with van der Waals surface area (Å²) in [6.45, 7) is 1.83. The molecule has 1 N–H and O–H groups in total. The number of rotatable bonds is 5. The van der Waals surface area contributed by atoms with Gasteiger partial charge in [-0.3, -0.25) is 9.00 Å². The van der Waals surface area contributed by atoms with Crippen LogP contribution in [0.3, 0.4) is 0 Å². The molecule has 2 unspecified atom stereocenters. The summed E-state index contributed by atoms with van der Waals surface area (Å²) in [7, 11) is -1.03. The number of amides is 1. The van der Waals surface area contributed by atoms with Gasteiger partial charge in [-0.1, -0.05) is 11.6 Å². The Bertz CT molecular complexity index is 1050. The van der Waals surface area contributed by atoms with Crippen molar-refractivity contribution in [1.82, 2.24) is 10.3 Å². The van der Waals surface area contributed by atoms with Crippen LogP contribution >= 0.6 is 22.9 Å². The van der Waals surface area contributed by atoms with Gasteiger partial charge in [0.05, 0.1) is 20.5 Å². The topological polar surface area (TPSA) is 72.2 Å². The highest BCUT2D eigenvalue weighted by atomic mass is 35.5. The van der Waals surface area contributed by atoms with Crippen LogP contribution in [0.2, 0.25) is 5.02 Å². The molecule has 1 aliphatic carbocycles. The van der Waals surface area contributed by atoms with Crippen molar-refractivity contribution in [3.05, 3.63) is 51.9 Å². The van der Waals surface area contributed by atoms with Gasteiger partial charge in [0, 0.05) is 34.0 Å². The molecule has 29 heavy (non-hydrogen) atoms. The maximum Gasteiger partial charge on any atom is 0.287 e. The van der Waals surface area contributed by atoms with E-state index in [1.54, 1.807) is 29.7 Å². The summed E-state index contributed by atoms with van der Waals surface area (Å²) in [5.41, 5.74) is 0.962. The van der Waals surface area contributed by atoms with Crippen molar-refractivity contribution in [3.63, 3.8) is 0 Å². The van der Waals surface area contributed by atoms with Gasteiger partial charge in [0.1, 0.15) is 5.76 Å². The quantitative estimate of drug-likeness (QED) is 0.561.